The lowest BCUT2D eigenvalue weighted by molar-refractivity contribution is 0.484. The van der Waals surface area contributed by atoms with E-state index < -0.39 is 0 Å². The molecule has 0 fully saturated rings. The molecule has 1 aromatic heterocycles. The molecule has 8 aromatic rings. The zero-order chi connectivity index (χ0) is 33.5. The summed E-state index contributed by atoms with van der Waals surface area (Å²) in [6.07, 6.45) is 0. The number of rotatable bonds is 9. The Balaban J connectivity index is 1.22. The van der Waals surface area contributed by atoms with E-state index in [1.165, 1.54) is 0 Å². The summed E-state index contributed by atoms with van der Waals surface area (Å²) in [4.78, 5) is 17.0. The van der Waals surface area contributed by atoms with E-state index >= 15 is 0 Å². The van der Waals surface area contributed by atoms with Crippen molar-refractivity contribution in [2.75, 3.05) is 4.90 Å². The van der Waals surface area contributed by atoms with Crippen molar-refractivity contribution in [2.24, 2.45) is 0 Å². The van der Waals surface area contributed by atoms with Crippen LogP contribution in [0.1, 0.15) is 0 Å². The third-order valence-corrected chi connectivity index (χ3v) is 8.38. The molecule has 0 unspecified atom stereocenters. The second kappa shape index (κ2) is 14.1. The van der Waals surface area contributed by atoms with E-state index in [-0.39, 0.29) is 0 Å². The van der Waals surface area contributed by atoms with Crippen LogP contribution in [0.2, 0.25) is 0 Å². The number of nitrogens with zero attached hydrogens (tertiary/aromatic N) is 4. The number of ether oxygens (including phenoxy) is 1. The molecule has 5 heteroatoms. The van der Waals surface area contributed by atoms with E-state index in [4.69, 9.17) is 19.7 Å². The highest BCUT2D eigenvalue weighted by Gasteiger charge is 2.17. The summed E-state index contributed by atoms with van der Waals surface area (Å²) < 4.78 is 6.59. The lowest BCUT2D eigenvalue weighted by atomic mass is 10.0. The average molecular weight is 645 g/mol. The quantitative estimate of drug-likeness (QED) is 0.156. The van der Waals surface area contributed by atoms with Gasteiger partial charge in [0.05, 0.1) is 0 Å². The summed E-state index contributed by atoms with van der Waals surface area (Å²) in [6.45, 7) is 0. The Bertz CT molecular complexity index is 2220. The molecule has 0 aliphatic carbocycles. The third kappa shape index (κ3) is 6.61. The van der Waals surface area contributed by atoms with Crippen LogP contribution in [0.5, 0.6) is 11.5 Å². The molecule has 0 saturated heterocycles. The average Bonchev–Trinajstić information content (AvgIpc) is 3.20. The Morgan fingerprint density at radius 3 is 1.24 bits per heavy atom. The van der Waals surface area contributed by atoms with Gasteiger partial charge in [-0.2, -0.15) is 0 Å². The van der Waals surface area contributed by atoms with Crippen molar-refractivity contribution in [3.05, 3.63) is 194 Å². The zero-order valence-corrected chi connectivity index (χ0v) is 27.2. The fourth-order valence-electron chi connectivity index (χ4n) is 5.93. The van der Waals surface area contributed by atoms with Crippen LogP contribution in [0.3, 0.4) is 0 Å². The Morgan fingerprint density at radius 1 is 0.340 bits per heavy atom. The molecular weight excluding hydrogens is 613 g/mol. The molecule has 50 heavy (non-hydrogen) atoms. The molecule has 0 radical (unpaired) electrons. The minimum Gasteiger partial charge on any atom is -0.457 e. The Hall–Kier alpha value is -6.85. The van der Waals surface area contributed by atoms with Crippen molar-refractivity contribution >= 4 is 17.1 Å². The molecule has 0 N–H and O–H groups in total. The van der Waals surface area contributed by atoms with E-state index in [0.29, 0.717) is 23.2 Å². The number of benzene rings is 7. The van der Waals surface area contributed by atoms with Crippen molar-refractivity contribution in [3.63, 3.8) is 0 Å². The first kappa shape index (κ1) is 30.5. The maximum atomic E-state index is 6.59. The molecule has 5 nitrogen and oxygen atoms in total. The number of aromatic nitrogens is 3. The third-order valence-electron chi connectivity index (χ3n) is 8.38. The molecule has 0 aliphatic rings. The molecular formula is C45H32N4O. The summed E-state index contributed by atoms with van der Waals surface area (Å²) >= 11 is 0. The molecule has 8 rings (SSSR count). The molecule has 0 saturated carbocycles. The molecule has 0 spiro atoms. The van der Waals surface area contributed by atoms with Crippen LogP contribution in [-0.2, 0) is 0 Å². The molecule has 1 heterocycles. The van der Waals surface area contributed by atoms with Gasteiger partial charge in [0.2, 0.25) is 0 Å². The highest BCUT2D eigenvalue weighted by molar-refractivity contribution is 5.81. The second-order valence-corrected chi connectivity index (χ2v) is 11.7. The van der Waals surface area contributed by atoms with Crippen LogP contribution in [-0.4, -0.2) is 15.0 Å². The fourth-order valence-corrected chi connectivity index (χ4v) is 5.93. The van der Waals surface area contributed by atoms with Gasteiger partial charge in [0.15, 0.2) is 17.5 Å². The van der Waals surface area contributed by atoms with Crippen LogP contribution in [0.15, 0.2) is 194 Å². The number of anilines is 3. The van der Waals surface area contributed by atoms with Gasteiger partial charge >= 0.3 is 0 Å². The minimum absolute atomic E-state index is 0.568. The second-order valence-electron chi connectivity index (χ2n) is 11.7. The number of para-hydroxylation sites is 3. The summed E-state index contributed by atoms with van der Waals surface area (Å²) in [6, 6.07) is 65.4. The van der Waals surface area contributed by atoms with Crippen molar-refractivity contribution in [1.29, 1.82) is 0 Å². The van der Waals surface area contributed by atoms with Crippen molar-refractivity contribution in [3.8, 4) is 56.8 Å². The number of hydrogen-bond acceptors (Lipinski definition) is 5. The van der Waals surface area contributed by atoms with E-state index in [9.17, 15) is 0 Å². The van der Waals surface area contributed by atoms with Gasteiger partial charge in [-0.25, -0.2) is 15.0 Å². The van der Waals surface area contributed by atoms with Gasteiger partial charge in [0.25, 0.3) is 0 Å². The molecule has 0 atom stereocenters. The Kier molecular flexibility index (Phi) is 8.60. The largest absolute Gasteiger partial charge is 0.457 e. The van der Waals surface area contributed by atoms with Gasteiger partial charge in [0.1, 0.15) is 11.5 Å². The molecule has 0 bridgehead atoms. The normalized spacial score (nSPS) is 10.8. The summed E-state index contributed by atoms with van der Waals surface area (Å²) in [5.41, 5.74) is 7.88. The van der Waals surface area contributed by atoms with Gasteiger partial charge in [-0.1, -0.05) is 133 Å². The molecule has 7 aromatic carbocycles. The zero-order valence-electron chi connectivity index (χ0n) is 27.2. The first-order chi connectivity index (χ1) is 24.8. The predicted molar refractivity (Wildman–Crippen MR) is 203 cm³/mol. The SMILES string of the molecule is c1ccc(Oc2cc(-c3nc(-c4ccccc4)nc(-c4ccccc4)n3)ccc2-c2ccc(N(c3ccccc3)c3ccccc3)cc2)cc1. The fraction of sp³-hybridized carbons (Fsp3) is 0. The van der Waals surface area contributed by atoms with Gasteiger partial charge in [0, 0.05) is 39.3 Å². The smallest absolute Gasteiger partial charge is 0.164 e. The van der Waals surface area contributed by atoms with E-state index in [1.54, 1.807) is 0 Å². The van der Waals surface area contributed by atoms with Crippen LogP contribution in [0.4, 0.5) is 17.1 Å². The minimum atomic E-state index is 0.568. The van der Waals surface area contributed by atoms with Gasteiger partial charge in [-0.05, 0) is 66.2 Å². The van der Waals surface area contributed by atoms with Crippen LogP contribution in [0, 0.1) is 0 Å². The lowest BCUT2D eigenvalue weighted by Crippen LogP contribution is -2.09. The summed E-state index contributed by atoms with van der Waals surface area (Å²) in [5.74, 6) is 3.24. The van der Waals surface area contributed by atoms with Crippen LogP contribution < -0.4 is 9.64 Å². The molecule has 0 amide bonds. The van der Waals surface area contributed by atoms with Gasteiger partial charge < -0.3 is 9.64 Å². The molecule has 238 valence electrons. The summed E-state index contributed by atoms with van der Waals surface area (Å²) in [5, 5.41) is 0. The van der Waals surface area contributed by atoms with Crippen molar-refractivity contribution in [1.82, 2.24) is 15.0 Å². The van der Waals surface area contributed by atoms with Crippen molar-refractivity contribution in [2.45, 2.75) is 0 Å². The maximum Gasteiger partial charge on any atom is 0.164 e. The van der Waals surface area contributed by atoms with Gasteiger partial charge in [-0.3, -0.25) is 0 Å². The topological polar surface area (TPSA) is 51.1 Å². The monoisotopic (exact) mass is 644 g/mol. The maximum absolute atomic E-state index is 6.59. The van der Waals surface area contributed by atoms with Gasteiger partial charge in [-0.15, -0.1) is 0 Å². The highest BCUT2D eigenvalue weighted by atomic mass is 16.5. The Morgan fingerprint density at radius 2 is 0.740 bits per heavy atom. The lowest BCUT2D eigenvalue weighted by Gasteiger charge is -2.25. The summed E-state index contributed by atoms with van der Waals surface area (Å²) in [7, 11) is 0. The standard InChI is InChI=1S/C45H32N4O/c1-6-16-34(17-7-1)43-46-44(35-18-8-2-9-19-35)48-45(47-43)36-28-31-41(42(32-36)50-40-24-14-5-15-25-40)33-26-29-39(30-27-33)49(37-20-10-3-11-21-37)38-22-12-4-13-23-38/h1-32H. The van der Waals surface area contributed by atoms with Crippen LogP contribution in [0.25, 0.3) is 45.3 Å². The van der Waals surface area contributed by atoms with Crippen LogP contribution >= 0.6 is 0 Å². The highest BCUT2D eigenvalue weighted by Crippen LogP contribution is 2.40. The first-order valence-electron chi connectivity index (χ1n) is 16.5. The van der Waals surface area contributed by atoms with E-state index in [0.717, 1.165) is 50.6 Å². The predicted octanol–water partition coefficient (Wildman–Crippen LogP) is 11.8. The van der Waals surface area contributed by atoms with Crippen molar-refractivity contribution < 1.29 is 4.74 Å². The number of hydrogen-bond donors (Lipinski definition) is 0. The van der Waals surface area contributed by atoms with E-state index in [1.807, 2.05) is 109 Å². The Labute approximate surface area is 291 Å². The van der Waals surface area contributed by atoms with E-state index in [2.05, 4.69) is 89.8 Å². The first-order valence-corrected chi connectivity index (χ1v) is 16.5. The molecule has 0 aliphatic heterocycles.